The third kappa shape index (κ3) is 2.68. The standard InChI is InChI=1S/C21H17N5OS/c1-26(2)13-9-7-12(8-10-13)18-19-15(14-5-3-4-6-16(14)22-19)11-17(23-18)20-24-25-21(28)27-20/h3-11,22H,1-2H3,(H,25,28). The van der Waals surface area contributed by atoms with Crippen LogP contribution < -0.4 is 4.90 Å². The predicted octanol–water partition coefficient (Wildman–Crippen LogP) is 5.16. The molecule has 138 valence electrons. The lowest BCUT2D eigenvalue weighted by Crippen LogP contribution is -2.07. The van der Waals surface area contributed by atoms with Crippen LogP contribution in [-0.4, -0.2) is 34.3 Å². The molecule has 5 rings (SSSR count). The van der Waals surface area contributed by atoms with Gasteiger partial charge >= 0.3 is 0 Å². The number of anilines is 1. The van der Waals surface area contributed by atoms with Crippen molar-refractivity contribution in [3.8, 4) is 22.8 Å². The fraction of sp³-hybridized carbons (Fsp3) is 0.0952. The zero-order valence-corrected chi connectivity index (χ0v) is 16.2. The van der Waals surface area contributed by atoms with Crippen LogP contribution in [-0.2, 0) is 0 Å². The molecule has 2 aromatic carbocycles. The van der Waals surface area contributed by atoms with Gasteiger partial charge in [0.05, 0.1) is 11.2 Å². The lowest BCUT2D eigenvalue weighted by Gasteiger charge is -2.13. The summed E-state index contributed by atoms with van der Waals surface area (Å²) in [6, 6.07) is 18.5. The van der Waals surface area contributed by atoms with Gasteiger partial charge in [0.2, 0.25) is 0 Å². The highest BCUT2D eigenvalue weighted by atomic mass is 32.1. The summed E-state index contributed by atoms with van der Waals surface area (Å²) >= 11 is 5.03. The number of H-pyrrole nitrogens is 2. The van der Waals surface area contributed by atoms with Crippen molar-refractivity contribution in [3.63, 3.8) is 0 Å². The zero-order chi connectivity index (χ0) is 19.3. The largest absolute Gasteiger partial charge is 0.408 e. The number of aromatic nitrogens is 4. The second-order valence-electron chi connectivity index (χ2n) is 6.81. The molecule has 6 nitrogen and oxygen atoms in total. The summed E-state index contributed by atoms with van der Waals surface area (Å²) < 4.78 is 5.52. The van der Waals surface area contributed by atoms with E-state index in [2.05, 4.69) is 56.5 Å². The Hall–Kier alpha value is -3.45. The lowest BCUT2D eigenvalue weighted by atomic mass is 10.1. The van der Waals surface area contributed by atoms with Crippen LogP contribution in [0.5, 0.6) is 0 Å². The van der Waals surface area contributed by atoms with Gasteiger partial charge < -0.3 is 14.3 Å². The van der Waals surface area contributed by atoms with Crippen LogP contribution in [0.4, 0.5) is 5.69 Å². The molecule has 0 spiro atoms. The number of pyridine rings is 1. The summed E-state index contributed by atoms with van der Waals surface area (Å²) in [5, 5.41) is 9.02. The van der Waals surface area contributed by atoms with Gasteiger partial charge in [-0.3, -0.25) is 0 Å². The third-order valence-corrected chi connectivity index (χ3v) is 4.99. The molecule has 0 bridgehead atoms. The fourth-order valence-corrected chi connectivity index (χ4v) is 3.55. The lowest BCUT2D eigenvalue weighted by molar-refractivity contribution is 0.550. The Labute approximate surface area is 165 Å². The Balaban J connectivity index is 1.81. The molecule has 0 aliphatic heterocycles. The third-order valence-electron chi connectivity index (χ3n) is 4.81. The van der Waals surface area contributed by atoms with Gasteiger partial charge in [0, 0.05) is 41.6 Å². The van der Waals surface area contributed by atoms with Gasteiger partial charge in [-0.05, 0) is 36.5 Å². The van der Waals surface area contributed by atoms with Crippen molar-refractivity contribution in [1.82, 2.24) is 20.2 Å². The van der Waals surface area contributed by atoms with E-state index in [1.54, 1.807) is 0 Å². The van der Waals surface area contributed by atoms with Crippen molar-refractivity contribution in [2.75, 3.05) is 19.0 Å². The van der Waals surface area contributed by atoms with Gasteiger partial charge in [-0.2, -0.15) is 0 Å². The Kier molecular flexibility index (Phi) is 3.77. The van der Waals surface area contributed by atoms with Gasteiger partial charge in [0.1, 0.15) is 5.69 Å². The Bertz CT molecular complexity index is 1360. The average molecular weight is 387 g/mol. The smallest absolute Gasteiger partial charge is 0.284 e. The fourth-order valence-electron chi connectivity index (χ4n) is 3.42. The molecule has 0 atom stereocenters. The first-order valence-electron chi connectivity index (χ1n) is 8.85. The molecule has 0 unspecified atom stereocenters. The first-order valence-corrected chi connectivity index (χ1v) is 9.26. The van der Waals surface area contributed by atoms with Crippen molar-refractivity contribution in [3.05, 3.63) is 59.4 Å². The number of fused-ring (bicyclic) bond motifs is 3. The first-order chi connectivity index (χ1) is 13.6. The Morgan fingerprint density at radius 1 is 1.00 bits per heavy atom. The molecule has 0 radical (unpaired) electrons. The quantitative estimate of drug-likeness (QED) is 0.418. The van der Waals surface area contributed by atoms with Crippen molar-refractivity contribution in [2.45, 2.75) is 0 Å². The van der Waals surface area contributed by atoms with Crippen molar-refractivity contribution in [2.24, 2.45) is 0 Å². The number of rotatable bonds is 3. The van der Waals surface area contributed by atoms with Crippen LogP contribution in [0.1, 0.15) is 0 Å². The number of para-hydroxylation sites is 1. The molecule has 3 aromatic heterocycles. The molecule has 0 saturated carbocycles. The van der Waals surface area contributed by atoms with Crippen molar-refractivity contribution in [1.29, 1.82) is 0 Å². The van der Waals surface area contributed by atoms with Crippen LogP contribution in [0.3, 0.4) is 0 Å². The summed E-state index contributed by atoms with van der Waals surface area (Å²) in [6.45, 7) is 0. The number of benzene rings is 2. The minimum absolute atomic E-state index is 0.229. The number of nitrogens with zero attached hydrogens (tertiary/aromatic N) is 3. The van der Waals surface area contributed by atoms with Gasteiger partial charge in [-0.25, -0.2) is 10.1 Å². The maximum atomic E-state index is 5.52. The Morgan fingerprint density at radius 3 is 2.50 bits per heavy atom. The van der Waals surface area contributed by atoms with Crippen LogP contribution in [0.2, 0.25) is 0 Å². The second-order valence-corrected chi connectivity index (χ2v) is 7.18. The molecule has 0 aliphatic carbocycles. The van der Waals surface area contributed by atoms with E-state index in [0.717, 1.165) is 38.8 Å². The monoisotopic (exact) mass is 387 g/mol. The molecular weight excluding hydrogens is 370 g/mol. The molecule has 0 aliphatic rings. The minimum Gasteiger partial charge on any atom is -0.408 e. The molecule has 7 heteroatoms. The molecule has 5 aromatic rings. The van der Waals surface area contributed by atoms with E-state index in [4.69, 9.17) is 21.6 Å². The summed E-state index contributed by atoms with van der Waals surface area (Å²) in [5.41, 5.74) is 5.67. The molecular formula is C21H17N5OS. The number of aromatic amines is 2. The highest BCUT2D eigenvalue weighted by Crippen LogP contribution is 2.35. The number of nitrogens with one attached hydrogen (secondary N) is 2. The average Bonchev–Trinajstić information content (AvgIpc) is 3.31. The van der Waals surface area contributed by atoms with Crippen LogP contribution in [0.25, 0.3) is 44.6 Å². The van der Waals surface area contributed by atoms with Gasteiger partial charge in [0.15, 0.2) is 0 Å². The molecule has 28 heavy (non-hydrogen) atoms. The zero-order valence-electron chi connectivity index (χ0n) is 15.4. The van der Waals surface area contributed by atoms with E-state index in [9.17, 15) is 0 Å². The normalized spacial score (nSPS) is 11.4. The summed E-state index contributed by atoms with van der Waals surface area (Å²) in [6.07, 6.45) is 0. The van der Waals surface area contributed by atoms with Gasteiger partial charge in [-0.15, -0.1) is 5.10 Å². The summed E-state index contributed by atoms with van der Waals surface area (Å²) in [7, 11) is 4.05. The summed E-state index contributed by atoms with van der Waals surface area (Å²) in [5.74, 6) is 0.378. The SMILES string of the molecule is CN(C)c1ccc(-c2nc(-c3n[nH]c(=S)o3)cc3c2[nH]c2ccccc23)cc1. The van der Waals surface area contributed by atoms with Crippen molar-refractivity contribution >= 4 is 39.7 Å². The molecule has 0 saturated heterocycles. The predicted molar refractivity (Wildman–Crippen MR) is 114 cm³/mol. The van der Waals surface area contributed by atoms with Crippen molar-refractivity contribution < 1.29 is 4.42 Å². The van der Waals surface area contributed by atoms with E-state index in [1.807, 2.05) is 32.3 Å². The van der Waals surface area contributed by atoms with E-state index in [-0.39, 0.29) is 4.84 Å². The van der Waals surface area contributed by atoms with Gasteiger partial charge in [0.25, 0.3) is 10.7 Å². The molecule has 0 amide bonds. The summed E-state index contributed by atoms with van der Waals surface area (Å²) in [4.78, 5) is 10.7. The topological polar surface area (TPSA) is 73.7 Å². The number of hydrogen-bond acceptors (Lipinski definition) is 5. The highest BCUT2D eigenvalue weighted by Gasteiger charge is 2.16. The van der Waals surface area contributed by atoms with E-state index in [1.165, 1.54) is 0 Å². The van der Waals surface area contributed by atoms with E-state index in [0.29, 0.717) is 11.6 Å². The molecule has 3 heterocycles. The van der Waals surface area contributed by atoms with Crippen LogP contribution >= 0.6 is 12.2 Å². The number of hydrogen-bond donors (Lipinski definition) is 2. The minimum atomic E-state index is 0.229. The molecule has 2 N–H and O–H groups in total. The maximum absolute atomic E-state index is 5.52. The van der Waals surface area contributed by atoms with Gasteiger partial charge in [-0.1, -0.05) is 30.3 Å². The highest BCUT2D eigenvalue weighted by molar-refractivity contribution is 7.71. The molecule has 0 fully saturated rings. The first kappa shape index (κ1) is 16.7. The van der Waals surface area contributed by atoms with E-state index < -0.39 is 0 Å². The van der Waals surface area contributed by atoms with Crippen LogP contribution in [0.15, 0.2) is 59.0 Å². The van der Waals surface area contributed by atoms with Crippen LogP contribution in [0, 0.1) is 4.84 Å². The second kappa shape index (κ2) is 6.31. The Morgan fingerprint density at radius 2 is 1.79 bits per heavy atom. The van der Waals surface area contributed by atoms with E-state index >= 15 is 0 Å². The maximum Gasteiger partial charge on any atom is 0.284 e.